The smallest absolute Gasteiger partial charge is 0.279 e. The molecule has 7 nitrogen and oxygen atoms in total. The molecule has 0 spiro atoms. The molecule has 1 aliphatic heterocycles. The van der Waals surface area contributed by atoms with Gasteiger partial charge in [-0.3, -0.25) is 14.9 Å². The number of thiophene rings is 1. The Morgan fingerprint density at radius 1 is 1.44 bits per heavy atom. The molecule has 1 fully saturated rings. The molecule has 1 aromatic carbocycles. The zero-order valence-corrected chi connectivity index (χ0v) is 16.1. The van der Waals surface area contributed by atoms with E-state index in [0.717, 1.165) is 43.0 Å². The van der Waals surface area contributed by atoms with Gasteiger partial charge in [0.15, 0.2) is 6.54 Å². The summed E-state index contributed by atoms with van der Waals surface area (Å²) in [7, 11) is 0. The van der Waals surface area contributed by atoms with Crippen LogP contribution in [0.4, 0.5) is 11.4 Å². The van der Waals surface area contributed by atoms with Gasteiger partial charge in [-0.15, -0.1) is 11.3 Å². The average molecular weight is 390 g/mol. The molecule has 0 bridgehead atoms. The highest BCUT2D eigenvalue weighted by Crippen LogP contribution is 2.21. The van der Waals surface area contributed by atoms with Crippen molar-refractivity contribution in [2.75, 3.05) is 25.0 Å². The lowest BCUT2D eigenvalue weighted by atomic mass is 10.2. The molecule has 0 saturated carbocycles. The van der Waals surface area contributed by atoms with Crippen molar-refractivity contribution >= 4 is 28.6 Å². The fraction of sp³-hybridized carbons (Fsp3) is 0.421. The molecule has 2 aromatic rings. The summed E-state index contributed by atoms with van der Waals surface area (Å²) in [4.78, 5) is 25.5. The monoisotopic (exact) mass is 390 g/mol. The summed E-state index contributed by atoms with van der Waals surface area (Å²) in [5, 5.41) is 15.8. The number of anilines is 1. The third-order valence-corrected chi connectivity index (χ3v) is 5.54. The molecule has 2 heterocycles. The number of non-ortho nitro benzene ring substituents is 1. The number of carbonyl (C=O) groups excluding carboxylic acids is 1. The Kier molecular flexibility index (Phi) is 6.54. The number of nitrogens with zero attached hydrogens (tertiary/aromatic N) is 1. The van der Waals surface area contributed by atoms with Crippen LogP contribution in [0.5, 0.6) is 0 Å². The van der Waals surface area contributed by atoms with E-state index in [-0.39, 0.29) is 17.7 Å². The Morgan fingerprint density at radius 3 is 2.96 bits per heavy atom. The number of amides is 1. The number of carbonyl (C=O) groups is 1. The first kappa shape index (κ1) is 19.5. The lowest BCUT2D eigenvalue weighted by Gasteiger charge is -2.21. The molecule has 2 atom stereocenters. The van der Waals surface area contributed by atoms with Gasteiger partial charge in [0.2, 0.25) is 0 Å². The van der Waals surface area contributed by atoms with Gasteiger partial charge < -0.3 is 15.0 Å². The van der Waals surface area contributed by atoms with Gasteiger partial charge in [0, 0.05) is 18.7 Å². The van der Waals surface area contributed by atoms with Crippen LogP contribution >= 0.6 is 11.3 Å². The number of hydrogen-bond donors (Lipinski definition) is 2. The second-order valence-corrected chi connectivity index (χ2v) is 7.86. The van der Waals surface area contributed by atoms with Crippen molar-refractivity contribution in [1.82, 2.24) is 0 Å². The molecule has 2 N–H and O–H groups in total. The minimum Gasteiger partial charge on any atom is -0.372 e. The molecular formula is C19H24N3O4S+. The number of rotatable bonds is 8. The molecule has 0 radical (unpaired) electrons. The lowest BCUT2D eigenvalue weighted by Crippen LogP contribution is -3.12. The Labute approximate surface area is 162 Å². The summed E-state index contributed by atoms with van der Waals surface area (Å²) < 4.78 is 5.74. The van der Waals surface area contributed by atoms with Crippen molar-refractivity contribution in [1.29, 1.82) is 0 Å². The molecule has 1 unspecified atom stereocenters. The summed E-state index contributed by atoms with van der Waals surface area (Å²) in [5.74, 6) is -0.150. The van der Waals surface area contributed by atoms with Crippen LogP contribution < -0.4 is 10.2 Å². The van der Waals surface area contributed by atoms with Gasteiger partial charge in [-0.2, -0.15) is 0 Å². The maximum atomic E-state index is 12.6. The van der Waals surface area contributed by atoms with Crippen LogP contribution in [0.25, 0.3) is 0 Å². The molecule has 1 aliphatic rings. The van der Waals surface area contributed by atoms with Crippen LogP contribution in [0, 0.1) is 17.0 Å². The molecular weight excluding hydrogens is 366 g/mol. The Balaban J connectivity index is 1.66. The van der Waals surface area contributed by atoms with Crippen molar-refractivity contribution in [3.05, 3.63) is 56.3 Å². The highest BCUT2D eigenvalue weighted by molar-refractivity contribution is 7.09. The van der Waals surface area contributed by atoms with E-state index in [1.54, 1.807) is 17.4 Å². The first-order valence-corrected chi connectivity index (χ1v) is 9.91. The van der Waals surface area contributed by atoms with Crippen molar-refractivity contribution in [2.24, 2.45) is 0 Å². The van der Waals surface area contributed by atoms with Gasteiger partial charge >= 0.3 is 0 Å². The van der Waals surface area contributed by atoms with E-state index in [1.807, 2.05) is 18.4 Å². The van der Waals surface area contributed by atoms with Crippen LogP contribution in [0.15, 0.2) is 35.7 Å². The molecule has 144 valence electrons. The Bertz CT molecular complexity index is 788. The van der Waals surface area contributed by atoms with Crippen molar-refractivity contribution < 1.29 is 19.4 Å². The van der Waals surface area contributed by atoms with E-state index in [0.29, 0.717) is 12.2 Å². The highest BCUT2D eigenvalue weighted by Gasteiger charge is 2.24. The van der Waals surface area contributed by atoms with E-state index >= 15 is 0 Å². The van der Waals surface area contributed by atoms with E-state index < -0.39 is 4.92 Å². The van der Waals surface area contributed by atoms with E-state index in [4.69, 9.17) is 4.74 Å². The van der Waals surface area contributed by atoms with Crippen molar-refractivity contribution in [3.63, 3.8) is 0 Å². The Hall–Kier alpha value is -2.29. The normalized spacial score (nSPS) is 17.6. The predicted molar refractivity (Wildman–Crippen MR) is 104 cm³/mol. The van der Waals surface area contributed by atoms with Crippen LogP contribution in [0.1, 0.15) is 23.3 Å². The van der Waals surface area contributed by atoms with Gasteiger partial charge in [0.05, 0.1) is 15.5 Å². The third-order valence-electron chi connectivity index (χ3n) is 4.66. The lowest BCUT2D eigenvalue weighted by molar-refractivity contribution is -0.908. The second kappa shape index (κ2) is 9.07. The molecule has 1 aromatic heterocycles. The van der Waals surface area contributed by atoms with Crippen molar-refractivity contribution in [2.45, 2.75) is 32.4 Å². The number of quaternary nitrogens is 1. The van der Waals surface area contributed by atoms with E-state index in [2.05, 4.69) is 11.4 Å². The number of benzene rings is 1. The summed E-state index contributed by atoms with van der Waals surface area (Å²) in [6.07, 6.45) is 2.28. The third kappa shape index (κ3) is 5.59. The maximum absolute atomic E-state index is 12.6. The molecule has 1 saturated heterocycles. The molecule has 1 amide bonds. The minimum atomic E-state index is -0.457. The molecule has 8 heteroatoms. The summed E-state index contributed by atoms with van der Waals surface area (Å²) in [5.41, 5.74) is 1.26. The van der Waals surface area contributed by atoms with Gasteiger partial charge in [-0.25, -0.2) is 0 Å². The minimum absolute atomic E-state index is 0.0296. The largest absolute Gasteiger partial charge is 0.372 e. The zero-order valence-electron chi connectivity index (χ0n) is 15.3. The second-order valence-electron chi connectivity index (χ2n) is 6.83. The number of aryl methyl sites for hydroxylation is 1. The Morgan fingerprint density at radius 2 is 2.30 bits per heavy atom. The standard InChI is InChI=1S/C19H23N3O4S/c1-14-6-7-15(22(24)25)10-18(14)20-19(23)13-21(11-16-4-2-8-26-16)12-17-5-3-9-27-17/h3,5-7,9-10,16H,2,4,8,11-13H2,1H3,(H,20,23)/p+1/t16-/m1/s1. The van der Waals surface area contributed by atoms with Crippen LogP contribution in [0.2, 0.25) is 0 Å². The average Bonchev–Trinajstić information content (AvgIpc) is 3.30. The number of nitrogens with one attached hydrogen (secondary N) is 2. The highest BCUT2D eigenvalue weighted by atomic mass is 32.1. The number of nitro benzene ring substituents is 1. The predicted octanol–water partition coefficient (Wildman–Crippen LogP) is 2.17. The summed E-state index contributed by atoms with van der Waals surface area (Å²) >= 11 is 1.68. The quantitative estimate of drug-likeness (QED) is 0.534. The zero-order chi connectivity index (χ0) is 19.2. The topological polar surface area (TPSA) is 85.9 Å². The summed E-state index contributed by atoms with van der Waals surface area (Å²) in [6.45, 7) is 4.44. The number of nitro groups is 1. The van der Waals surface area contributed by atoms with Crippen LogP contribution in [-0.2, 0) is 16.1 Å². The number of ether oxygens (including phenoxy) is 1. The molecule has 27 heavy (non-hydrogen) atoms. The van der Waals surface area contributed by atoms with Gasteiger partial charge in [-0.1, -0.05) is 12.1 Å². The first-order valence-electron chi connectivity index (χ1n) is 9.03. The fourth-order valence-electron chi connectivity index (χ4n) is 3.27. The van der Waals surface area contributed by atoms with Crippen LogP contribution in [-0.4, -0.2) is 36.6 Å². The molecule has 3 rings (SSSR count). The van der Waals surface area contributed by atoms with Gasteiger partial charge in [0.1, 0.15) is 19.2 Å². The molecule has 0 aliphatic carbocycles. The van der Waals surface area contributed by atoms with Gasteiger partial charge in [0.25, 0.3) is 11.6 Å². The van der Waals surface area contributed by atoms with Crippen LogP contribution in [0.3, 0.4) is 0 Å². The maximum Gasteiger partial charge on any atom is 0.279 e. The number of hydrogen-bond acceptors (Lipinski definition) is 5. The van der Waals surface area contributed by atoms with E-state index in [1.165, 1.54) is 17.0 Å². The van der Waals surface area contributed by atoms with Gasteiger partial charge in [-0.05, 0) is 36.8 Å². The fourth-order valence-corrected chi connectivity index (χ4v) is 4.05. The summed E-state index contributed by atoms with van der Waals surface area (Å²) in [6, 6.07) is 8.58. The first-order chi connectivity index (χ1) is 13.0. The van der Waals surface area contributed by atoms with Crippen molar-refractivity contribution in [3.8, 4) is 0 Å². The van der Waals surface area contributed by atoms with E-state index in [9.17, 15) is 14.9 Å². The SMILES string of the molecule is Cc1ccc([N+](=O)[O-])cc1NC(=O)C[NH+](Cc1cccs1)C[C@H]1CCCO1.